The van der Waals surface area contributed by atoms with Crippen molar-refractivity contribution in [2.75, 3.05) is 5.32 Å². The van der Waals surface area contributed by atoms with Crippen LogP contribution >= 0.6 is 0 Å². The maximum absolute atomic E-state index is 4.58. The molecular formula is C19H17N5. The largest absolute Gasteiger partial charge is 0.340 e. The third-order valence-electron chi connectivity index (χ3n) is 3.82. The summed E-state index contributed by atoms with van der Waals surface area (Å²) in [6, 6.07) is 18.2. The maximum Gasteiger partial charge on any atom is 0.168 e. The topological polar surface area (TPSA) is 55.6 Å². The van der Waals surface area contributed by atoms with Crippen molar-refractivity contribution in [1.82, 2.24) is 19.7 Å². The molecule has 118 valence electrons. The van der Waals surface area contributed by atoms with Crippen molar-refractivity contribution in [2.24, 2.45) is 0 Å². The van der Waals surface area contributed by atoms with Crippen LogP contribution in [0.25, 0.3) is 16.7 Å². The van der Waals surface area contributed by atoms with Gasteiger partial charge in [-0.15, -0.1) is 0 Å². The molecule has 4 rings (SSSR count). The number of rotatable bonds is 3. The van der Waals surface area contributed by atoms with Gasteiger partial charge in [0.2, 0.25) is 0 Å². The van der Waals surface area contributed by atoms with Crippen molar-refractivity contribution in [3.63, 3.8) is 0 Å². The average molecular weight is 315 g/mol. The summed E-state index contributed by atoms with van der Waals surface area (Å²) in [5.41, 5.74) is 3.97. The number of aryl methyl sites for hydroxylation is 2. The minimum atomic E-state index is 0.704. The Morgan fingerprint density at radius 3 is 2.54 bits per heavy atom. The molecule has 0 unspecified atom stereocenters. The van der Waals surface area contributed by atoms with Crippen LogP contribution in [-0.2, 0) is 0 Å². The van der Waals surface area contributed by atoms with Crippen LogP contribution in [0.1, 0.15) is 11.4 Å². The summed E-state index contributed by atoms with van der Waals surface area (Å²) in [4.78, 5) is 9.14. The molecule has 2 aromatic heterocycles. The first kappa shape index (κ1) is 14.4. The number of anilines is 2. The third kappa shape index (κ3) is 2.60. The van der Waals surface area contributed by atoms with Gasteiger partial charge in [-0.1, -0.05) is 30.3 Å². The lowest BCUT2D eigenvalue weighted by Gasteiger charge is -2.09. The Morgan fingerprint density at radius 2 is 1.75 bits per heavy atom. The molecule has 2 aromatic carbocycles. The zero-order chi connectivity index (χ0) is 16.5. The molecule has 0 saturated carbocycles. The van der Waals surface area contributed by atoms with E-state index in [2.05, 4.69) is 39.4 Å². The summed E-state index contributed by atoms with van der Waals surface area (Å²) >= 11 is 0. The summed E-state index contributed by atoms with van der Waals surface area (Å²) in [6.07, 6.45) is 1.81. The Kier molecular flexibility index (Phi) is 3.46. The molecule has 0 aliphatic rings. The van der Waals surface area contributed by atoms with Crippen LogP contribution in [0.4, 0.5) is 11.5 Å². The molecule has 0 spiro atoms. The van der Waals surface area contributed by atoms with Crippen molar-refractivity contribution in [3.8, 4) is 5.69 Å². The maximum atomic E-state index is 4.58. The van der Waals surface area contributed by atoms with Gasteiger partial charge >= 0.3 is 0 Å². The highest BCUT2D eigenvalue weighted by molar-refractivity contribution is 5.89. The van der Waals surface area contributed by atoms with E-state index in [0.717, 1.165) is 28.2 Å². The summed E-state index contributed by atoms with van der Waals surface area (Å²) in [6.45, 7) is 3.96. The molecule has 0 fully saturated rings. The van der Waals surface area contributed by atoms with E-state index in [-0.39, 0.29) is 0 Å². The summed E-state index contributed by atoms with van der Waals surface area (Å²) in [7, 11) is 0. The predicted molar refractivity (Wildman–Crippen MR) is 95.9 cm³/mol. The lowest BCUT2D eigenvalue weighted by atomic mass is 10.2. The zero-order valence-corrected chi connectivity index (χ0v) is 13.6. The number of aromatic nitrogens is 4. The lowest BCUT2D eigenvalue weighted by molar-refractivity contribution is 0.890. The number of benzene rings is 2. The highest BCUT2D eigenvalue weighted by atomic mass is 15.3. The summed E-state index contributed by atoms with van der Waals surface area (Å²) in [5, 5.41) is 8.78. The number of hydrogen-bond donors (Lipinski definition) is 1. The summed E-state index contributed by atoms with van der Waals surface area (Å²) < 4.78 is 1.84. The van der Waals surface area contributed by atoms with Gasteiger partial charge in [-0.25, -0.2) is 14.6 Å². The number of para-hydroxylation sites is 1. The van der Waals surface area contributed by atoms with E-state index >= 15 is 0 Å². The number of nitrogens with zero attached hydrogens (tertiary/aromatic N) is 4. The molecule has 2 heterocycles. The Labute approximate surface area is 140 Å². The van der Waals surface area contributed by atoms with Crippen LogP contribution in [0.5, 0.6) is 0 Å². The van der Waals surface area contributed by atoms with Crippen molar-refractivity contribution in [3.05, 3.63) is 72.2 Å². The van der Waals surface area contributed by atoms with Crippen molar-refractivity contribution < 1.29 is 0 Å². The van der Waals surface area contributed by atoms with Crippen molar-refractivity contribution in [2.45, 2.75) is 13.8 Å². The first-order valence-corrected chi connectivity index (χ1v) is 7.82. The molecule has 24 heavy (non-hydrogen) atoms. The fourth-order valence-electron chi connectivity index (χ4n) is 2.73. The lowest BCUT2D eigenvalue weighted by Crippen LogP contribution is -2.02. The highest BCUT2D eigenvalue weighted by Crippen LogP contribution is 2.25. The van der Waals surface area contributed by atoms with Gasteiger partial charge in [0.25, 0.3) is 0 Å². The minimum Gasteiger partial charge on any atom is -0.340 e. The molecule has 1 N–H and O–H groups in total. The van der Waals surface area contributed by atoms with Crippen LogP contribution in [0, 0.1) is 13.8 Å². The smallest absolute Gasteiger partial charge is 0.168 e. The number of nitrogens with one attached hydrogen (secondary N) is 1. The van der Waals surface area contributed by atoms with E-state index in [9.17, 15) is 0 Å². The zero-order valence-electron chi connectivity index (χ0n) is 13.6. The van der Waals surface area contributed by atoms with Gasteiger partial charge in [0.05, 0.1) is 17.3 Å². The van der Waals surface area contributed by atoms with Gasteiger partial charge < -0.3 is 5.32 Å². The predicted octanol–water partition coefficient (Wildman–Crippen LogP) is 4.18. The van der Waals surface area contributed by atoms with Crippen LogP contribution in [0.15, 0.2) is 60.8 Å². The van der Waals surface area contributed by atoms with E-state index in [1.54, 1.807) is 6.20 Å². The van der Waals surface area contributed by atoms with Gasteiger partial charge in [-0.3, -0.25) is 0 Å². The first-order chi connectivity index (χ1) is 11.7. The second kappa shape index (κ2) is 5.77. The fourth-order valence-corrected chi connectivity index (χ4v) is 2.73. The Bertz CT molecular complexity index is 1000. The van der Waals surface area contributed by atoms with Gasteiger partial charge in [-0.05, 0) is 43.7 Å². The molecule has 0 aliphatic heterocycles. The SMILES string of the molecule is Cc1cccc(Nc2nc(C)nc3c2cnn3-c2ccccc2)c1. The van der Waals surface area contributed by atoms with E-state index in [1.165, 1.54) is 5.56 Å². The minimum absolute atomic E-state index is 0.704. The molecule has 0 radical (unpaired) electrons. The average Bonchev–Trinajstić information content (AvgIpc) is 2.99. The molecule has 5 nitrogen and oxygen atoms in total. The number of hydrogen-bond acceptors (Lipinski definition) is 4. The molecule has 0 aliphatic carbocycles. The number of fused-ring (bicyclic) bond motifs is 1. The van der Waals surface area contributed by atoms with Gasteiger partial charge in [0, 0.05) is 5.69 Å². The molecule has 5 heteroatoms. The molecular weight excluding hydrogens is 298 g/mol. The normalized spacial score (nSPS) is 10.9. The van der Waals surface area contributed by atoms with Crippen molar-refractivity contribution >= 4 is 22.5 Å². The third-order valence-corrected chi connectivity index (χ3v) is 3.82. The molecule has 0 bridgehead atoms. The Morgan fingerprint density at radius 1 is 0.917 bits per heavy atom. The van der Waals surface area contributed by atoms with Crippen LogP contribution in [0.3, 0.4) is 0 Å². The Hall–Kier alpha value is -3.21. The quantitative estimate of drug-likeness (QED) is 0.616. The molecule has 0 saturated heterocycles. The first-order valence-electron chi connectivity index (χ1n) is 7.82. The van der Waals surface area contributed by atoms with E-state index < -0.39 is 0 Å². The van der Waals surface area contributed by atoms with Crippen LogP contribution in [0.2, 0.25) is 0 Å². The van der Waals surface area contributed by atoms with Crippen LogP contribution < -0.4 is 5.32 Å². The monoisotopic (exact) mass is 315 g/mol. The van der Waals surface area contributed by atoms with Gasteiger partial charge in [0.1, 0.15) is 11.6 Å². The molecule has 0 amide bonds. The standard InChI is InChI=1S/C19H17N5/c1-13-7-6-8-15(11-13)23-18-17-12-20-24(16-9-4-3-5-10-16)19(17)22-14(2)21-18/h3-12H,1-2H3,(H,21,22,23). The van der Waals surface area contributed by atoms with E-state index in [4.69, 9.17) is 0 Å². The highest BCUT2D eigenvalue weighted by Gasteiger charge is 2.12. The van der Waals surface area contributed by atoms with E-state index in [0.29, 0.717) is 5.82 Å². The van der Waals surface area contributed by atoms with Gasteiger partial charge in [-0.2, -0.15) is 5.10 Å². The second-order valence-electron chi connectivity index (χ2n) is 5.74. The second-order valence-corrected chi connectivity index (χ2v) is 5.74. The summed E-state index contributed by atoms with van der Waals surface area (Å²) in [5.74, 6) is 1.47. The fraction of sp³-hybridized carbons (Fsp3) is 0.105. The van der Waals surface area contributed by atoms with Gasteiger partial charge in [0.15, 0.2) is 5.65 Å². The molecule has 4 aromatic rings. The van der Waals surface area contributed by atoms with E-state index in [1.807, 2.05) is 54.1 Å². The molecule has 0 atom stereocenters. The van der Waals surface area contributed by atoms with Crippen molar-refractivity contribution in [1.29, 1.82) is 0 Å². The van der Waals surface area contributed by atoms with Crippen LogP contribution in [-0.4, -0.2) is 19.7 Å². The Balaban J connectivity index is 1.84.